The molecule has 0 aliphatic carbocycles. The van der Waals surface area contributed by atoms with E-state index in [0.29, 0.717) is 0 Å². The molecule has 0 saturated carbocycles. The quantitative estimate of drug-likeness (QED) is 0.730. The lowest BCUT2D eigenvalue weighted by Gasteiger charge is -2.15. The van der Waals surface area contributed by atoms with Gasteiger partial charge in [-0.05, 0) is 30.9 Å². The normalized spacial score (nSPS) is 14.6. The van der Waals surface area contributed by atoms with Crippen LogP contribution in [0.4, 0.5) is 5.69 Å². The average molecular weight is 261 g/mol. The highest BCUT2D eigenvalue weighted by Gasteiger charge is 2.15. The van der Waals surface area contributed by atoms with Crippen LogP contribution in [0.15, 0.2) is 18.2 Å². The summed E-state index contributed by atoms with van der Waals surface area (Å²) in [5, 5.41) is 9.60. The Morgan fingerprint density at radius 3 is 3.11 bits per heavy atom. The molecule has 0 aromatic heterocycles. The molecule has 1 aromatic rings. The highest BCUT2D eigenvalue weighted by Crippen LogP contribution is 2.26. The number of hydrogen-bond donors (Lipinski definition) is 3. The number of rotatable bonds is 6. The molecule has 0 saturated heterocycles. The Kier molecular flexibility index (Phi) is 4.80. The number of amides is 1. The van der Waals surface area contributed by atoms with Crippen molar-refractivity contribution in [3.63, 3.8) is 0 Å². The Hall–Kier alpha value is -1.55. The highest BCUT2D eigenvalue weighted by atomic mass is 16.2. The van der Waals surface area contributed by atoms with Gasteiger partial charge < -0.3 is 16.0 Å². The Labute approximate surface area is 115 Å². The zero-order valence-electron chi connectivity index (χ0n) is 11.8. The summed E-state index contributed by atoms with van der Waals surface area (Å²) in [6.07, 6.45) is 2.06. The van der Waals surface area contributed by atoms with Crippen LogP contribution in [-0.2, 0) is 17.8 Å². The monoisotopic (exact) mass is 261 g/mol. The molecule has 4 heteroatoms. The van der Waals surface area contributed by atoms with Crippen molar-refractivity contribution < 1.29 is 4.79 Å². The van der Waals surface area contributed by atoms with Gasteiger partial charge in [0.25, 0.3) is 0 Å². The van der Waals surface area contributed by atoms with Gasteiger partial charge >= 0.3 is 0 Å². The zero-order valence-corrected chi connectivity index (χ0v) is 11.8. The number of para-hydroxylation sites is 1. The van der Waals surface area contributed by atoms with Crippen molar-refractivity contribution in [3.05, 3.63) is 29.3 Å². The third-order valence-corrected chi connectivity index (χ3v) is 3.47. The first-order valence-electron chi connectivity index (χ1n) is 7.08. The predicted octanol–water partition coefficient (Wildman–Crippen LogP) is 1.66. The van der Waals surface area contributed by atoms with Crippen molar-refractivity contribution in [3.8, 4) is 0 Å². The van der Waals surface area contributed by atoms with Crippen molar-refractivity contribution in [1.29, 1.82) is 0 Å². The van der Waals surface area contributed by atoms with Gasteiger partial charge in [0.05, 0.1) is 6.04 Å². The number of hydrogen-bond acceptors (Lipinski definition) is 3. The molecule has 19 heavy (non-hydrogen) atoms. The predicted molar refractivity (Wildman–Crippen MR) is 78.2 cm³/mol. The molecule has 1 unspecified atom stereocenters. The number of anilines is 1. The summed E-state index contributed by atoms with van der Waals surface area (Å²) in [7, 11) is 0. The molecule has 1 aromatic carbocycles. The van der Waals surface area contributed by atoms with Crippen LogP contribution in [0, 0.1) is 0 Å². The number of nitrogens with one attached hydrogen (secondary N) is 3. The second-order valence-electron chi connectivity index (χ2n) is 5.02. The minimum atomic E-state index is -0.163. The molecule has 1 aliphatic rings. The minimum absolute atomic E-state index is 0.0717. The molecular formula is C15H23N3O. The fourth-order valence-corrected chi connectivity index (χ4v) is 2.32. The molecule has 0 spiro atoms. The fraction of sp³-hybridized carbons (Fsp3) is 0.533. The molecule has 3 N–H and O–H groups in total. The van der Waals surface area contributed by atoms with E-state index in [9.17, 15) is 4.79 Å². The summed E-state index contributed by atoms with van der Waals surface area (Å²) in [5.41, 5.74) is 3.86. The molecule has 1 heterocycles. The van der Waals surface area contributed by atoms with E-state index >= 15 is 0 Å². The zero-order chi connectivity index (χ0) is 13.7. The van der Waals surface area contributed by atoms with E-state index in [1.54, 1.807) is 0 Å². The Morgan fingerprint density at radius 2 is 2.32 bits per heavy atom. The number of carbonyl (C=O) groups is 1. The van der Waals surface area contributed by atoms with Crippen molar-refractivity contribution in [2.24, 2.45) is 0 Å². The second kappa shape index (κ2) is 6.57. The molecule has 1 aliphatic heterocycles. The van der Waals surface area contributed by atoms with Crippen molar-refractivity contribution >= 4 is 11.6 Å². The third-order valence-electron chi connectivity index (χ3n) is 3.47. The summed E-state index contributed by atoms with van der Waals surface area (Å²) >= 11 is 0. The SMILES string of the molecule is CCCNC(=O)C(C)NCc1cccc2c1NCC2. The Morgan fingerprint density at radius 1 is 1.47 bits per heavy atom. The van der Waals surface area contributed by atoms with Crippen LogP contribution in [-0.4, -0.2) is 25.0 Å². The molecule has 2 rings (SSSR count). The number of fused-ring (bicyclic) bond motifs is 1. The van der Waals surface area contributed by atoms with E-state index < -0.39 is 0 Å². The van der Waals surface area contributed by atoms with E-state index in [1.807, 2.05) is 6.92 Å². The molecule has 1 atom stereocenters. The first-order valence-corrected chi connectivity index (χ1v) is 7.08. The van der Waals surface area contributed by atoms with Gasteiger partial charge in [-0.25, -0.2) is 0 Å². The summed E-state index contributed by atoms with van der Waals surface area (Å²) in [6.45, 7) is 6.43. The topological polar surface area (TPSA) is 53.2 Å². The number of carbonyl (C=O) groups excluding carboxylic acids is 1. The first kappa shape index (κ1) is 13.9. The van der Waals surface area contributed by atoms with Gasteiger partial charge in [0.15, 0.2) is 0 Å². The van der Waals surface area contributed by atoms with Gasteiger partial charge in [0.2, 0.25) is 5.91 Å². The van der Waals surface area contributed by atoms with Crippen LogP contribution in [0.25, 0.3) is 0 Å². The maximum atomic E-state index is 11.8. The van der Waals surface area contributed by atoms with Crippen LogP contribution in [0.3, 0.4) is 0 Å². The van der Waals surface area contributed by atoms with Gasteiger partial charge in [-0.15, -0.1) is 0 Å². The van der Waals surface area contributed by atoms with Crippen molar-refractivity contribution in [1.82, 2.24) is 10.6 Å². The van der Waals surface area contributed by atoms with Gasteiger partial charge in [-0.2, -0.15) is 0 Å². The summed E-state index contributed by atoms with van der Waals surface area (Å²) in [4.78, 5) is 11.8. The average Bonchev–Trinajstić information content (AvgIpc) is 2.90. The summed E-state index contributed by atoms with van der Waals surface area (Å²) in [5.74, 6) is 0.0717. The van der Waals surface area contributed by atoms with E-state index in [1.165, 1.54) is 16.8 Å². The lowest BCUT2D eigenvalue weighted by Crippen LogP contribution is -2.42. The number of benzene rings is 1. The second-order valence-corrected chi connectivity index (χ2v) is 5.02. The fourth-order valence-electron chi connectivity index (χ4n) is 2.32. The van der Waals surface area contributed by atoms with Gasteiger partial charge in [-0.1, -0.05) is 25.1 Å². The lowest BCUT2D eigenvalue weighted by molar-refractivity contribution is -0.122. The maximum Gasteiger partial charge on any atom is 0.236 e. The van der Waals surface area contributed by atoms with Crippen LogP contribution in [0.5, 0.6) is 0 Å². The molecular weight excluding hydrogens is 238 g/mol. The molecule has 104 valence electrons. The molecule has 0 bridgehead atoms. The molecule has 1 amide bonds. The third kappa shape index (κ3) is 3.47. The smallest absolute Gasteiger partial charge is 0.236 e. The van der Waals surface area contributed by atoms with Gasteiger partial charge in [0, 0.05) is 25.3 Å². The van der Waals surface area contributed by atoms with E-state index in [-0.39, 0.29) is 11.9 Å². The standard InChI is InChI=1S/C15H23N3O/c1-3-8-17-15(19)11(2)18-10-13-6-4-5-12-7-9-16-14(12)13/h4-6,11,16,18H,3,7-10H2,1-2H3,(H,17,19). The Balaban J connectivity index is 1.89. The van der Waals surface area contributed by atoms with E-state index in [2.05, 4.69) is 41.1 Å². The van der Waals surface area contributed by atoms with E-state index in [0.717, 1.165) is 32.5 Å². The summed E-state index contributed by atoms with van der Waals surface area (Å²) in [6, 6.07) is 6.20. The van der Waals surface area contributed by atoms with Crippen molar-refractivity contribution in [2.75, 3.05) is 18.4 Å². The van der Waals surface area contributed by atoms with E-state index in [4.69, 9.17) is 0 Å². The Bertz CT molecular complexity index is 445. The lowest BCUT2D eigenvalue weighted by atomic mass is 10.1. The van der Waals surface area contributed by atoms with Gasteiger partial charge in [-0.3, -0.25) is 4.79 Å². The summed E-state index contributed by atoms with van der Waals surface area (Å²) < 4.78 is 0. The van der Waals surface area contributed by atoms with Crippen LogP contribution >= 0.6 is 0 Å². The molecule has 0 fully saturated rings. The first-order chi connectivity index (χ1) is 9.22. The minimum Gasteiger partial charge on any atom is -0.384 e. The van der Waals surface area contributed by atoms with Crippen molar-refractivity contribution in [2.45, 2.75) is 39.3 Å². The highest BCUT2D eigenvalue weighted by molar-refractivity contribution is 5.81. The van der Waals surface area contributed by atoms with Crippen LogP contribution in [0.2, 0.25) is 0 Å². The van der Waals surface area contributed by atoms with Crippen LogP contribution < -0.4 is 16.0 Å². The molecule has 0 radical (unpaired) electrons. The van der Waals surface area contributed by atoms with Gasteiger partial charge in [0.1, 0.15) is 0 Å². The van der Waals surface area contributed by atoms with Crippen LogP contribution in [0.1, 0.15) is 31.4 Å². The largest absolute Gasteiger partial charge is 0.384 e. The maximum absolute atomic E-state index is 11.8. The molecule has 4 nitrogen and oxygen atoms in total.